The Morgan fingerprint density at radius 3 is 1.82 bits per heavy atom. The molecule has 0 saturated carbocycles. The summed E-state index contributed by atoms with van der Waals surface area (Å²) in [6.45, 7) is 1.55. The fraction of sp³-hybridized carbons (Fsp3) is 0.235. The van der Waals surface area contributed by atoms with Gasteiger partial charge in [0.25, 0.3) is 0 Å². The molecule has 0 bridgehead atoms. The van der Waals surface area contributed by atoms with E-state index in [9.17, 15) is 18.0 Å². The van der Waals surface area contributed by atoms with Crippen LogP contribution in [0.25, 0.3) is 0 Å². The molecule has 0 aliphatic heterocycles. The molecule has 2 rings (SSSR count). The first kappa shape index (κ1) is 16.1. The summed E-state index contributed by atoms with van der Waals surface area (Å²) < 4.78 is 44.6. The molecule has 2 aromatic rings. The van der Waals surface area contributed by atoms with Gasteiger partial charge in [-0.05, 0) is 18.1 Å². The fourth-order valence-electron chi connectivity index (χ4n) is 2.14. The zero-order chi connectivity index (χ0) is 16.2. The van der Waals surface area contributed by atoms with E-state index in [0.717, 1.165) is 0 Å². The van der Waals surface area contributed by atoms with Crippen molar-refractivity contribution in [2.45, 2.75) is 25.1 Å². The van der Waals surface area contributed by atoms with Crippen molar-refractivity contribution in [2.75, 3.05) is 0 Å². The molecule has 0 unspecified atom stereocenters. The van der Waals surface area contributed by atoms with Crippen molar-refractivity contribution in [3.8, 4) is 0 Å². The van der Waals surface area contributed by atoms with Gasteiger partial charge in [-0.2, -0.15) is 13.2 Å². The number of carbonyl (C=O) groups is 1. The van der Waals surface area contributed by atoms with Crippen molar-refractivity contribution >= 4 is 5.97 Å². The molecular weight excluding hydrogens is 293 g/mol. The van der Waals surface area contributed by atoms with E-state index in [0.29, 0.717) is 5.56 Å². The van der Waals surface area contributed by atoms with Gasteiger partial charge in [-0.15, -0.1) is 0 Å². The van der Waals surface area contributed by atoms with Crippen molar-refractivity contribution < 1.29 is 22.7 Å². The van der Waals surface area contributed by atoms with Crippen LogP contribution in [0.3, 0.4) is 0 Å². The first-order chi connectivity index (χ1) is 10.4. The lowest BCUT2D eigenvalue weighted by atomic mass is 9.98. The van der Waals surface area contributed by atoms with Gasteiger partial charge in [-0.1, -0.05) is 60.7 Å². The zero-order valence-corrected chi connectivity index (χ0v) is 11.9. The molecule has 2 aromatic carbocycles. The average molecular weight is 308 g/mol. The summed E-state index contributed by atoms with van der Waals surface area (Å²) in [5.74, 6) is -3.57. The van der Waals surface area contributed by atoms with Crippen LogP contribution in [-0.2, 0) is 9.53 Å². The summed E-state index contributed by atoms with van der Waals surface area (Å²) in [7, 11) is 0. The Kier molecular flexibility index (Phi) is 4.85. The summed E-state index contributed by atoms with van der Waals surface area (Å²) in [4.78, 5) is 12.0. The maximum Gasteiger partial charge on any atom is 0.406 e. The molecule has 0 saturated heterocycles. The molecule has 0 aromatic heterocycles. The van der Waals surface area contributed by atoms with Crippen LogP contribution >= 0.6 is 0 Å². The first-order valence-corrected chi connectivity index (χ1v) is 6.76. The van der Waals surface area contributed by atoms with Gasteiger partial charge in [-0.3, -0.25) is 4.79 Å². The molecule has 22 heavy (non-hydrogen) atoms. The van der Waals surface area contributed by atoms with Crippen molar-refractivity contribution in [3.63, 3.8) is 0 Å². The van der Waals surface area contributed by atoms with E-state index in [1.165, 1.54) is 24.3 Å². The Balaban J connectivity index is 2.20. The minimum atomic E-state index is -4.70. The topological polar surface area (TPSA) is 26.3 Å². The highest BCUT2D eigenvalue weighted by atomic mass is 19.4. The fourth-order valence-corrected chi connectivity index (χ4v) is 2.14. The van der Waals surface area contributed by atoms with Gasteiger partial charge in [0.15, 0.2) is 5.92 Å². The van der Waals surface area contributed by atoms with Crippen molar-refractivity contribution in [1.82, 2.24) is 0 Å². The monoisotopic (exact) mass is 308 g/mol. The average Bonchev–Trinajstić information content (AvgIpc) is 2.48. The van der Waals surface area contributed by atoms with Crippen LogP contribution in [-0.4, -0.2) is 12.1 Å². The lowest BCUT2D eigenvalue weighted by Crippen LogP contribution is -2.30. The number of halogens is 3. The third-order valence-corrected chi connectivity index (χ3v) is 3.26. The van der Waals surface area contributed by atoms with Crippen molar-refractivity contribution in [1.29, 1.82) is 0 Å². The molecule has 0 aliphatic carbocycles. The number of hydrogen-bond donors (Lipinski definition) is 0. The summed E-state index contributed by atoms with van der Waals surface area (Å²) >= 11 is 0. The Morgan fingerprint density at radius 1 is 0.909 bits per heavy atom. The van der Waals surface area contributed by atoms with Gasteiger partial charge in [0.1, 0.15) is 6.10 Å². The van der Waals surface area contributed by atoms with Crippen LogP contribution in [0.2, 0.25) is 0 Å². The van der Waals surface area contributed by atoms with Gasteiger partial charge in [0.05, 0.1) is 0 Å². The van der Waals surface area contributed by atoms with Crippen LogP contribution in [0.4, 0.5) is 13.2 Å². The maximum atomic E-state index is 13.2. The third-order valence-electron chi connectivity index (χ3n) is 3.26. The van der Waals surface area contributed by atoms with Crippen molar-refractivity contribution in [3.05, 3.63) is 71.8 Å². The van der Waals surface area contributed by atoms with E-state index in [4.69, 9.17) is 4.74 Å². The smallest absolute Gasteiger partial charge is 0.406 e. The van der Waals surface area contributed by atoms with Crippen LogP contribution in [0.15, 0.2) is 60.7 Å². The highest BCUT2D eigenvalue weighted by Gasteiger charge is 2.47. The summed E-state index contributed by atoms with van der Waals surface area (Å²) in [6.07, 6.45) is -5.45. The molecule has 0 heterocycles. The minimum absolute atomic E-state index is 0.125. The Morgan fingerprint density at radius 2 is 1.36 bits per heavy atom. The van der Waals surface area contributed by atoms with E-state index in [2.05, 4.69) is 0 Å². The first-order valence-electron chi connectivity index (χ1n) is 6.76. The quantitative estimate of drug-likeness (QED) is 0.769. The number of alkyl halides is 3. The Hall–Kier alpha value is -2.30. The minimum Gasteiger partial charge on any atom is -0.457 e. The van der Waals surface area contributed by atoms with Crippen LogP contribution in [0, 0.1) is 0 Å². The third kappa shape index (κ3) is 3.87. The maximum absolute atomic E-state index is 13.2. The second-order valence-corrected chi connectivity index (χ2v) is 4.88. The lowest BCUT2D eigenvalue weighted by molar-refractivity contribution is -0.184. The van der Waals surface area contributed by atoms with E-state index in [-0.39, 0.29) is 5.56 Å². The normalized spacial score (nSPS) is 14.2. The molecule has 0 fully saturated rings. The molecule has 0 spiro atoms. The Labute approximate surface area is 126 Å². The summed E-state index contributed by atoms with van der Waals surface area (Å²) in [5, 5.41) is 0. The molecule has 116 valence electrons. The van der Waals surface area contributed by atoms with Gasteiger partial charge in [0.2, 0.25) is 0 Å². The second kappa shape index (κ2) is 6.64. The van der Waals surface area contributed by atoms with Gasteiger partial charge in [-0.25, -0.2) is 0 Å². The molecule has 5 heteroatoms. The standard InChI is InChI=1S/C17H15F3O2/c1-12(13-8-4-2-5-9-13)22-16(21)15(17(18,19)20)14-10-6-3-7-11-14/h2-12,15H,1H3/t12-,15+/m1/s1. The molecule has 2 atom stereocenters. The molecule has 0 amide bonds. The number of carbonyl (C=O) groups excluding carboxylic acids is 1. The molecule has 0 aliphatic rings. The highest BCUT2D eigenvalue weighted by molar-refractivity contribution is 5.79. The lowest BCUT2D eigenvalue weighted by Gasteiger charge is -2.22. The van der Waals surface area contributed by atoms with Crippen LogP contribution in [0.5, 0.6) is 0 Å². The number of rotatable bonds is 4. The van der Waals surface area contributed by atoms with E-state index in [1.54, 1.807) is 43.3 Å². The van der Waals surface area contributed by atoms with Gasteiger partial charge >= 0.3 is 12.1 Å². The van der Waals surface area contributed by atoms with E-state index >= 15 is 0 Å². The number of hydrogen-bond acceptors (Lipinski definition) is 2. The molecular formula is C17H15F3O2. The SMILES string of the molecule is C[C@@H](OC(=O)[C@H](c1ccccc1)C(F)(F)F)c1ccccc1. The van der Waals surface area contributed by atoms with Crippen LogP contribution in [0.1, 0.15) is 30.1 Å². The molecule has 2 nitrogen and oxygen atoms in total. The second-order valence-electron chi connectivity index (χ2n) is 4.88. The predicted molar refractivity (Wildman–Crippen MR) is 76.2 cm³/mol. The molecule has 0 radical (unpaired) electrons. The largest absolute Gasteiger partial charge is 0.457 e. The van der Waals surface area contributed by atoms with E-state index < -0.39 is 24.2 Å². The van der Waals surface area contributed by atoms with E-state index in [1.807, 2.05) is 0 Å². The zero-order valence-electron chi connectivity index (χ0n) is 11.9. The highest BCUT2D eigenvalue weighted by Crippen LogP contribution is 2.36. The number of benzene rings is 2. The van der Waals surface area contributed by atoms with Crippen molar-refractivity contribution in [2.24, 2.45) is 0 Å². The Bertz CT molecular complexity index is 609. The summed E-state index contributed by atoms with van der Waals surface area (Å²) in [5.41, 5.74) is 0.519. The van der Waals surface area contributed by atoms with Gasteiger partial charge < -0.3 is 4.74 Å². The summed E-state index contributed by atoms with van der Waals surface area (Å²) in [6, 6.07) is 15.7. The molecule has 0 N–H and O–H groups in total. The number of ether oxygens (including phenoxy) is 1. The van der Waals surface area contributed by atoms with Gasteiger partial charge in [0, 0.05) is 0 Å². The number of esters is 1. The predicted octanol–water partition coefficient (Wildman–Crippen LogP) is 4.64. The van der Waals surface area contributed by atoms with Crippen LogP contribution < -0.4 is 0 Å².